The van der Waals surface area contributed by atoms with Gasteiger partial charge in [-0.05, 0) is 20.2 Å². The molecule has 0 fully saturated rings. The first-order chi connectivity index (χ1) is 4.81. The number of ether oxygens (including phenoxy) is 1. The predicted molar refractivity (Wildman–Crippen MR) is 46.0 cm³/mol. The summed E-state index contributed by atoms with van der Waals surface area (Å²) in [7, 11) is 1.85. The minimum Gasteiger partial charge on any atom is -0.367 e. The zero-order valence-corrected chi connectivity index (χ0v) is 7.62. The predicted octanol–water partition coefficient (Wildman–Crippen LogP) is 0.436. The molecule has 0 spiro atoms. The molecule has 4 heteroatoms. The van der Waals surface area contributed by atoms with Crippen LogP contribution in [0.4, 0.5) is 0 Å². The second-order valence-electron chi connectivity index (χ2n) is 1.85. The smallest absolute Gasteiger partial charge is 0.0997 e. The Morgan fingerprint density at radius 1 is 1.60 bits per heavy atom. The van der Waals surface area contributed by atoms with Crippen molar-refractivity contribution in [3.63, 3.8) is 0 Å². The third-order valence-electron chi connectivity index (χ3n) is 1.09. The molecule has 0 bridgehead atoms. The van der Waals surface area contributed by atoms with Crippen LogP contribution in [0.15, 0.2) is 0 Å². The lowest BCUT2D eigenvalue weighted by Gasteiger charge is -2.09. The van der Waals surface area contributed by atoms with Gasteiger partial charge in [-0.3, -0.25) is 10.9 Å². The maximum Gasteiger partial charge on any atom is 0.0997 e. The molecule has 0 amide bonds. The van der Waals surface area contributed by atoms with E-state index in [2.05, 4.69) is 10.9 Å². The van der Waals surface area contributed by atoms with Crippen LogP contribution >= 0.6 is 11.8 Å². The van der Waals surface area contributed by atoms with Gasteiger partial charge in [0.1, 0.15) is 0 Å². The Labute approximate surface area is 66.9 Å². The first-order valence-electron chi connectivity index (χ1n) is 3.35. The molecule has 0 aromatic rings. The van der Waals surface area contributed by atoms with Gasteiger partial charge in [-0.2, -0.15) is 0 Å². The van der Waals surface area contributed by atoms with Crippen molar-refractivity contribution >= 4 is 11.8 Å². The number of hydrogen-bond donors (Lipinski definition) is 2. The molecule has 0 heterocycles. The van der Waals surface area contributed by atoms with Crippen molar-refractivity contribution in [3.8, 4) is 0 Å². The SMILES string of the molecule is CNNCCOC(C)SC. The molecule has 10 heavy (non-hydrogen) atoms. The number of thioether (sulfide) groups is 1. The Balaban J connectivity index is 2.89. The van der Waals surface area contributed by atoms with E-state index in [4.69, 9.17) is 4.74 Å². The monoisotopic (exact) mass is 164 g/mol. The van der Waals surface area contributed by atoms with Crippen molar-refractivity contribution in [3.05, 3.63) is 0 Å². The largest absolute Gasteiger partial charge is 0.367 e. The Morgan fingerprint density at radius 3 is 2.80 bits per heavy atom. The van der Waals surface area contributed by atoms with Crippen LogP contribution in [0.5, 0.6) is 0 Å². The molecule has 62 valence electrons. The van der Waals surface area contributed by atoms with Gasteiger partial charge in [0.15, 0.2) is 0 Å². The normalized spacial score (nSPS) is 13.5. The summed E-state index contributed by atoms with van der Waals surface area (Å²) in [6.45, 7) is 3.65. The minimum atomic E-state index is 0.304. The van der Waals surface area contributed by atoms with Crippen LogP contribution in [0.1, 0.15) is 6.92 Å². The summed E-state index contributed by atoms with van der Waals surface area (Å²) in [4.78, 5) is 0. The molecule has 1 unspecified atom stereocenters. The second kappa shape index (κ2) is 7.34. The van der Waals surface area contributed by atoms with Crippen LogP contribution < -0.4 is 10.9 Å². The van der Waals surface area contributed by atoms with Crippen molar-refractivity contribution in [1.82, 2.24) is 10.9 Å². The van der Waals surface area contributed by atoms with Crippen LogP contribution in [0.25, 0.3) is 0 Å². The summed E-state index contributed by atoms with van der Waals surface area (Å²) < 4.78 is 5.35. The minimum absolute atomic E-state index is 0.304. The first kappa shape index (κ1) is 10.2. The lowest BCUT2D eigenvalue weighted by molar-refractivity contribution is 0.124. The van der Waals surface area contributed by atoms with E-state index in [9.17, 15) is 0 Å². The molecule has 0 aliphatic rings. The quantitative estimate of drug-likeness (QED) is 0.339. The van der Waals surface area contributed by atoms with Crippen LogP contribution in [0.3, 0.4) is 0 Å². The summed E-state index contributed by atoms with van der Waals surface area (Å²) in [6.07, 6.45) is 2.04. The summed E-state index contributed by atoms with van der Waals surface area (Å²) in [5.41, 5.74) is 6.07. The molecule has 0 radical (unpaired) electrons. The van der Waals surface area contributed by atoms with Crippen molar-refractivity contribution in [2.75, 3.05) is 26.5 Å². The Morgan fingerprint density at radius 2 is 2.30 bits per heavy atom. The van der Waals surface area contributed by atoms with E-state index in [1.807, 2.05) is 20.2 Å². The van der Waals surface area contributed by atoms with Crippen LogP contribution in [-0.4, -0.2) is 31.9 Å². The van der Waals surface area contributed by atoms with Crippen molar-refractivity contribution in [2.24, 2.45) is 0 Å². The average molecular weight is 164 g/mol. The fourth-order valence-corrected chi connectivity index (χ4v) is 0.701. The van der Waals surface area contributed by atoms with Gasteiger partial charge in [-0.1, -0.05) is 0 Å². The molecule has 0 aromatic carbocycles. The van der Waals surface area contributed by atoms with Gasteiger partial charge in [0.25, 0.3) is 0 Å². The summed E-state index contributed by atoms with van der Waals surface area (Å²) in [5, 5.41) is 0. The van der Waals surface area contributed by atoms with E-state index in [0.717, 1.165) is 13.2 Å². The van der Waals surface area contributed by atoms with Crippen molar-refractivity contribution in [2.45, 2.75) is 12.4 Å². The number of nitrogens with one attached hydrogen (secondary N) is 2. The van der Waals surface area contributed by atoms with Gasteiger partial charge in [-0.15, -0.1) is 11.8 Å². The molecule has 0 aliphatic carbocycles. The van der Waals surface area contributed by atoms with E-state index < -0.39 is 0 Å². The fraction of sp³-hybridized carbons (Fsp3) is 1.00. The molecule has 0 rings (SSSR count). The van der Waals surface area contributed by atoms with Gasteiger partial charge in [0.05, 0.1) is 12.0 Å². The average Bonchev–Trinajstić information content (AvgIpc) is 1.98. The van der Waals surface area contributed by atoms with Crippen molar-refractivity contribution < 1.29 is 4.74 Å². The van der Waals surface area contributed by atoms with E-state index in [-0.39, 0.29) is 0 Å². The van der Waals surface area contributed by atoms with Gasteiger partial charge in [-0.25, -0.2) is 0 Å². The number of hydrogen-bond acceptors (Lipinski definition) is 4. The Kier molecular flexibility index (Phi) is 7.51. The molecule has 0 saturated carbocycles. The molecule has 3 nitrogen and oxygen atoms in total. The zero-order chi connectivity index (χ0) is 7.82. The third kappa shape index (κ3) is 6.35. The van der Waals surface area contributed by atoms with Crippen molar-refractivity contribution in [1.29, 1.82) is 0 Å². The highest BCUT2D eigenvalue weighted by atomic mass is 32.2. The van der Waals surface area contributed by atoms with E-state index >= 15 is 0 Å². The van der Waals surface area contributed by atoms with E-state index in [0.29, 0.717) is 5.44 Å². The highest BCUT2D eigenvalue weighted by Gasteiger charge is 1.95. The highest BCUT2D eigenvalue weighted by Crippen LogP contribution is 2.04. The first-order valence-corrected chi connectivity index (χ1v) is 4.64. The summed E-state index contributed by atoms with van der Waals surface area (Å²) in [5.74, 6) is 0. The van der Waals surface area contributed by atoms with Gasteiger partial charge in [0.2, 0.25) is 0 Å². The van der Waals surface area contributed by atoms with Gasteiger partial charge < -0.3 is 4.74 Å². The maximum absolute atomic E-state index is 5.35. The summed E-state index contributed by atoms with van der Waals surface area (Å²) in [6, 6.07) is 0. The van der Waals surface area contributed by atoms with E-state index in [1.165, 1.54) is 0 Å². The lowest BCUT2D eigenvalue weighted by Crippen LogP contribution is -2.31. The molecule has 2 N–H and O–H groups in total. The highest BCUT2D eigenvalue weighted by molar-refractivity contribution is 7.99. The van der Waals surface area contributed by atoms with Gasteiger partial charge in [0, 0.05) is 6.54 Å². The molecule has 1 atom stereocenters. The molecule has 0 aliphatic heterocycles. The Hall–Kier alpha value is 0.230. The van der Waals surface area contributed by atoms with Crippen LogP contribution in [0.2, 0.25) is 0 Å². The number of rotatable bonds is 6. The topological polar surface area (TPSA) is 33.3 Å². The molecular formula is C6H16N2OS. The second-order valence-corrected chi connectivity index (χ2v) is 2.99. The van der Waals surface area contributed by atoms with Crippen LogP contribution in [-0.2, 0) is 4.74 Å². The van der Waals surface area contributed by atoms with E-state index in [1.54, 1.807) is 11.8 Å². The third-order valence-corrected chi connectivity index (χ3v) is 1.89. The summed E-state index contributed by atoms with van der Waals surface area (Å²) >= 11 is 1.71. The maximum atomic E-state index is 5.35. The number of hydrazine groups is 1. The fourth-order valence-electron chi connectivity index (χ4n) is 0.469. The standard InChI is InChI=1S/C6H16N2OS/c1-6(10-3)9-5-4-8-7-2/h6-8H,4-5H2,1-3H3. The molecule has 0 aromatic heterocycles. The lowest BCUT2D eigenvalue weighted by atomic mass is 10.7. The molecule has 0 saturated heterocycles. The molecular weight excluding hydrogens is 148 g/mol. The zero-order valence-electron chi connectivity index (χ0n) is 6.81. The Bertz CT molecular complexity index is 72.8. The van der Waals surface area contributed by atoms with Crippen LogP contribution in [0, 0.1) is 0 Å². The van der Waals surface area contributed by atoms with Gasteiger partial charge >= 0.3 is 0 Å².